The molecule has 0 aliphatic carbocycles. The number of halogens is 1. The van der Waals surface area contributed by atoms with Crippen LogP contribution >= 0.6 is 11.6 Å². The van der Waals surface area contributed by atoms with Crippen LogP contribution in [0.1, 0.15) is 36.7 Å². The smallest absolute Gasteiger partial charge is 0.227 e. The van der Waals surface area contributed by atoms with Crippen molar-refractivity contribution in [2.75, 3.05) is 44.2 Å². The number of imidazole rings is 1. The SMILES string of the molecule is CCc1ccccc1N1CCN(C(=O)[C@@H]2CCCN(Cc3nc4ccccc4n3Cc3ccc(Cl)cc3)C2)CC1. The van der Waals surface area contributed by atoms with E-state index < -0.39 is 0 Å². The van der Waals surface area contributed by atoms with Crippen molar-refractivity contribution in [1.82, 2.24) is 19.4 Å². The van der Waals surface area contributed by atoms with Gasteiger partial charge in [-0.3, -0.25) is 9.69 Å². The van der Waals surface area contributed by atoms with Crippen molar-refractivity contribution in [2.24, 2.45) is 5.92 Å². The van der Waals surface area contributed by atoms with Gasteiger partial charge in [0.05, 0.1) is 23.5 Å². The van der Waals surface area contributed by atoms with Crippen LogP contribution in [0.25, 0.3) is 11.0 Å². The minimum atomic E-state index is 0.0531. The molecular formula is C33H38ClN5O. The van der Waals surface area contributed by atoms with Gasteiger partial charge >= 0.3 is 0 Å². The third-order valence-electron chi connectivity index (χ3n) is 8.51. The number of aromatic nitrogens is 2. The van der Waals surface area contributed by atoms with Gasteiger partial charge in [-0.05, 0) is 67.3 Å². The van der Waals surface area contributed by atoms with Crippen molar-refractivity contribution in [2.45, 2.75) is 39.3 Å². The number of nitrogens with zero attached hydrogens (tertiary/aromatic N) is 5. The molecule has 3 aromatic carbocycles. The normalized spacial score (nSPS) is 18.4. The second-order valence-electron chi connectivity index (χ2n) is 11.1. The number of anilines is 1. The monoisotopic (exact) mass is 555 g/mol. The second kappa shape index (κ2) is 12.0. The average Bonchev–Trinajstić information content (AvgIpc) is 3.34. The summed E-state index contributed by atoms with van der Waals surface area (Å²) in [7, 11) is 0. The topological polar surface area (TPSA) is 44.6 Å². The summed E-state index contributed by atoms with van der Waals surface area (Å²) in [5.74, 6) is 1.42. The van der Waals surface area contributed by atoms with E-state index in [2.05, 4.69) is 80.8 Å². The van der Waals surface area contributed by atoms with Crippen molar-refractivity contribution >= 4 is 34.2 Å². The molecule has 0 spiro atoms. The third-order valence-corrected chi connectivity index (χ3v) is 8.76. The number of piperidine rings is 1. The molecule has 0 N–H and O–H groups in total. The summed E-state index contributed by atoms with van der Waals surface area (Å²) in [4.78, 5) is 25.7. The fraction of sp³-hybridized carbons (Fsp3) is 0.394. The number of carbonyl (C=O) groups is 1. The van der Waals surface area contributed by atoms with Crippen LogP contribution in [-0.4, -0.2) is 64.5 Å². The maximum absolute atomic E-state index is 13.6. The van der Waals surface area contributed by atoms with Crippen LogP contribution in [0.15, 0.2) is 72.8 Å². The standard InChI is InChI=1S/C33H38ClN5O/c1-2-26-8-3-5-11-30(26)37-18-20-38(21-19-37)33(40)27-9-7-17-36(23-27)24-32-35-29-10-4-6-12-31(29)39(32)22-25-13-15-28(34)16-14-25/h3-6,8,10-16,27H,2,7,9,17-24H2,1H3/t27-/m1/s1. The number of hydrogen-bond donors (Lipinski definition) is 0. The Morgan fingerprint density at radius 1 is 0.900 bits per heavy atom. The molecule has 0 bridgehead atoms. The van der Waals surface area contributed by atoms with Crippen molar-refractivity contribution in [3.63, 3.8) is 0 Å². The highest BCUT2D eigenvalue weighted by molar-refractivity contribution is 6.30. The predicted molar refractivity (Wildman–Crippen MR) is 163 cm³/mol. The first kappa shape index (κ1) is 26.9. The molecule has 6 nitrogen and oxygen atoms in total. The Bertz CT molecular complexity index is 1460. The zero-order valence-electron chi connectivity index (χ0n) is 23.3. The zero-order valence-corrected chi connectivity index (χ0v) is 24.1. The summed E-state index contributed by atoms with van der Waals surface area (Å²) >= 11 is 6.13. The summed E-state index contributed by atoms with van der Waals surface area (Å²) in [6.45, 7) is 8.87. The summed E-state index contributed by atoms with van der Waals surface area (Å²) in [6.07, 6.45) is 3.04. The molecule has 7 heteroatoms. The fourth-order valence-corrected chi connectivity index (χ4v) is 6.47. The quantitative estimate of drug-likeness (QED) is 0.286. The summed E-state index contributed by atoms with van der Waals surface area (Å²) < 4.78 is 2.32. The third kappa shape index (κ3) is 5.74. The van der Waals surface area contributed by atoms with Gasteiger partial charge in [-0.1, -0.05) is 61.0 Å². The molecule has 2 fully saturated rings. The molecule has 1 atom stereocenters. The Labute approximate surface area is 242 Å². The molecular weight excluding hydrogens is 518 g/mol. The van der Waals surface area contributed by atoms with Gasteiger partial charge in [0, 0.05) is 50.0 Å². The van der Waals surface area contributed by atoms with Gasteiger partial charge in [0.15, 0.2) is 0 Å². The minimum absolute atomic E-state index is 0.0531. The van der Waals surface area contributed by atoms with Crippen LogP contribution in [0, 0.1) is 5.92 Å². The van der Waals surface area contributed by atoms with Crippen LogP contribution in [0.5, 0.6) is 0 Å². The maximum atomic E-state index is 13.6. The van der Waals surface area contributed by atoms with E-state index in [9.17, 15) is 4.79 Å². The van der Waals surface area contributed by atoms with E-state index in [0.717, 1.165) is 93.5 Å². The van der Waals surface area contributed by atoms with Gasteiger partial charge in [-0.15, -0.1) is 0 Å². The fourth-order valence-electron chi connectivity index (χ4n) is 6.34. The summed E-state index contributed by atoms with van der Waals surface area (Å²) in [5, 5.41) is 0.746. The largest absolute Gasteiger partial charge is 0.368 e. The first-order chi connectivity index (χ1) is 19.6. The highest BCUT2D eigenvalue weighted by Crippen LogP contribution is 2.26. The van der Waals surface area contributed by atoms with Crippen LogP contribution in [-0.2, 0) is 24.3 Å². The van der Waals surface area contributed by atoms with Gasteiger partial charge in [-0.2, -0.15) is 0 Å². The molecule has 2 saturated heterocycles. The number of rotatable bonds is 7. The number of fused-ring (bicyclic) bond motifs is 1. The van der Waals surface area contributed by atoms with E-state index in [4.69, 9.17) is 16.6 Å². The van der Waals surface area contributed by atoms with Crippen molar-refractivity contribution in [3.8, 4) is 0 Å². The van der Waals surface area contributed by atoms with Crippen LogP contribution in [0.2, 0.25) is 5.02 Å². The number of likely N-dealkylation sites (tertiary alicyclic amines) is 1. The molecule has 0 saturated carbocycles. The van der Waals surface area contributed by atoms with Crippen LogP contribution < -0.4 is 4.90 Å². The first-order valence-corrected chi connectivity index (χ1v) is 15.0. The van der Waals surface area contributed by atoms with Crippen LogP contribution in [0.4, 0.5) is 5.69 Å². The molecule has 0 unspecified atom stereocenters. The summed E-state index contributed by atoms with van der Waals surface area (Å²) in [5.41, 5.74) is 6.05. The summed E-state index contributed by atoms with van der Waals surface area (Å²) in [6, 6.07) is 25.1. The minimum Gasteiger partial charge on any atom is -0.368 e. The lowest BCUT2D eigenvalue weighted by atomic mass is 9.96. The number of amides is 1. The highest BCUT2D eigenvalue weighted by atomic mass is 35.5. The lowest BCUT2D eigenvalue weighted by Gasteiger charge is -2.40. The first-order valence-electron chi connectivity index (χ1n) is 14.6. The molecule has 3 heterocycles. The molecule has 4 aromatic rings. The van der Waals surface area contributed by atoms with E-state index in [1.165, 1.54) is 16.8 Å². The lowest BCUT2D eigenvalue weighted by Crippen LogP contribution is -2.52. The number of aryl methyl sites for hydroxylation is 1. The number of piperazine rings is 1. The molecule has 2 aliphatic heterocycles. The van der Waals surface area contributed by atoms with E-state index >= 15 is 0 Å². The van der Waals surface area contributed by atoms with Gasteiger partial charge < -0.3 is 14.4 Å². The maximum Gasteiger partial charge on any atom is 0.227 e. The van der Waals surface area contributed by atoms with Gasteiger partial charge in [0.2, 0.25) is 5.91 Å². The Morgan fingerprint density at radius 3 is 2.45 bits per heavy atom. The van der Waals surface area contributed by atoms with Crippen LogP contribution in [0.3, 0.4) is 0 Å². The Kier molecular flexibility index (Phi) is 8.08. The lowest BCUT2D eigenvalue weighted by molar-refractivity contribution is -0.137. The highest BCUT2D eigenvalue weighted by Gasteiger charge is 2.32. The van der Waals surface area contributed by atoms with E-state index in [-0.39, 0.29) is 5.92 Å². The average molecular weight is 556 g/mol. The molecule has 0 radical (unpaired) electrons. The van der Waals surface area contributed by atoms with E-state index in [0.29, 0.717) is 5.91 Å². The van der Waals surface area contributed by atoms with E-state index in [1.807, 2.05) is 18.2 Å². The molecule has 2 aliphatic rings. The molecule has 40 heavy (non-hydrogen) atoms. The Morgan fingerprint density at radius 2 is 1.65 bits per heavy atom. The number of benzene rings is 3. The Hall–Kier alpha value is -3.35. The van der Waals surface area contributed by atoms with Crippen molar-refractivity contribution < 1.29 is 4.79 Å². The van der Waals surface area contributed by atoms with Crippen molar-refractivity contribution in [1.29, 1.82) is 0 Å². The molecule has 208 valence electrons. The Balaban J connectivity index is 1.12. The predicted octanol–water partition coefficient (Wildman–Crippen LogP) is 5.86. The second-order valence-corrected chi connectivity index (χ2v) is 11.5. The number of hydrogen-bond acceptors (Lipinski definition) is 4. The molecule has 1 aromatic heterocycles. The molecule has 1 amide bonds. The van der Waals surface area contributed by atoms with Gasteiger partial charge in [0.1, 0.15) is 5.82 Å². The van der Waals surface area contributed by atoms with Crippen molar-refractivity contribution in [3.05, 3.63) is 94.8 Å². The number of para-hydroxylation sites is 3. The molecule has 6 rings (SSSR count). The van der Waals surface area contributed by atoms with Gasteiger partial charge in [-0.25, -0.2) is 4.98 Å². The van der Waals surface area contributed by atoms with Gasteiger partial charge in [0.25, 0.3) is 0 Å². The number of carbonyl (C=O) groups excluding carboxylic acids is 1. The zero-order chi connectivity index (χ0) is 27.5. The van der Waals surface area contributed by atoms with E-state index in [1.54, 1.807) is 0 Å².